The monoisotopic (exact) mass is 260 g/mol. The van der Waals surface area contributed by atoms with Crippen LogP contribution in [0.1, 0.15) is 22.3 Å². The minimum atomic E-state index is -0.441. The predicted molar refractivity (Wildman–Crippen MR) is 54.0 cm³/mol. The first-order chi connectivity index (χ1) is 6.11. The van der Waals surface area contributed by atoms with Gasteiger partial charge in [0.1, 0.15) is 5.82 Å². The van der Waals surface area contributed by atoms with Gasteiger partial charge in [0.25, 0.3) is 0 Å². The molecule has 0 unspecified atom stereocenters. The number of benzene rings is 1. The SMILES string of the molecule is O=C1CCc2c1cc(F)c(S)c2Br. The highest BCUT2D eigenvalue weighted by molar-refractivity contribution is 9.10. The van der Waals surface area contributed by atoms with Crippen molar-refractivity contribution in [2.45, 2.75) is 17.7 Å². The molecule has 0 atom stereocenters. The summed E-state index contributed by atoms with van der Waals surface area (Å²) in [6.45, 7) is 0. The van der Waals surface area contributed by atoms with Gasteiger partial charge in [-0.2, -0.15) is 0 Å². The van der Waals surface area contributed by atoms with Crippen LogP contribution in [0, 0.1) is 5.82 Å². The van der Waals surface area contributed by atoms with Crippen molar-refractivity contribution in [1.29, 1.82) is 0 Å². The van der Waals surface area contributed by atoms with Crippen molar-refractivity contribution in [3.8, 4) is 0 Å². The maximum absolute atomic E-state index is 13.1. The lowest BCUT2D eigenvalue weighted by atomic mass is 10.1. The first kappa shape index (κ1) is 9.21. The van der Waals surface area contributed by atoms with Crippen molar-refractivity contribution in [1.82, 2.24) is 0 Å². The van der Waals surface area contributed by atoms with E-state index >= 15 is 0 Å². The minimum absolute atomic E-state index is 0.0166. The van der Waals surface area contributed by atoms with Crippen LogP contribution in [-0.2, 0) is 6.42 Å². The lowest BCUT2D eigenvalue weighted by molar-refractivity contribution is 0.0994. The van der Waals surface area contributed by atoms with Gasteiger partial charge in [-0.3, -0.25) is 4.79 Å². The molecule has 1 aliphatic carbocycles. The molecule has 1 nitrogen and oxygen atoms in total. The van der Waals surface area contributed by atoms with E-state index in [9.17, 15) is 9.18 Å². The number of Topliss-reactive ketones (excluding diaryl/α,β-unsaturated/α-hetero) is 1. The molecule has 1 aromatic carbocycles. The van der Waals surface area contributed by atoms with Crippen LogP contribution >= 0.6 is 28.6 Å². The summed E-state index contributed by atoms with van der Waals surface area (Å²) in [4.78, 5) is 11.6. The first-order valence-electron chi connectivity index (χ1n) is 3.84. The summed E-state index contributed by atoms with van der Waals surface area (Å²) in [6, 6.07) is 1.28. The summed E-state index contributed by atoms with van der Waals surface area (Å²) >= 11 is 7.25. The van der Waals surface area contributed by atoms with Crippen LogP contribution in [0.5, 0.6) is 0 Å². The zero-order valence-corrected chi connectivity index (χ0v) is 9.08. The molecule has 4 heteroatoms. The molecule has 2 rings (SSSR count). The largest absolute Gasteiger partial charge is 0.294 e. The van der Waals surface area contributed by atoms with Gasteiger partial charge >= 0.3 is 0 Å². The summed E-state index contributed by atoms with van der Waals surface area (Å²) in [6.07, 6.45) is 1.16. The molecule has 0 fully saturated rings. The van der Waals surface area contributed by atoms with Crippen molar-refractivity contribution >= 4 is 34.3 Å². The van der Waals surface area contributed by atoms with Gasteiger partial charge in [0.2, 0.25) is 0 Å². The van der Waals surface area contributed by atoms with Gasteiger partial charge in [0.15, 0.2) is 5.78 Å². The fourth-order valence-electron chi connectivity index (χ4n) is 1.51. The van der Waals surface area contributed by atoms with Gasteiger partial charge in [-0.15, -0.1) is 12.6 Å². The number of hydrogen-bond donors (Lipinski definition) is 1. The highest BCUT2D eigenvalue weighted by atomic mass is 79.9. The lowest BCUT2D eigenvalue weighted by Crippen LogP contribution is -1.94. The van der Waals surface area contributed by atoms with Gasteiger partial charge in [-0.1, -0.05) is 0 Å². The third-order valence-corrected chi connectivity index (χ3v) is 3.82. The van der Waals surface area contributed by atoms with E-state index in [4.69, 9.17) is 0 Å². The van der Waals surface area contributed by atoms with Gasteiger partial charge in [-0.05, 0) is 34.0 Å². The molecule has 0 bridgehead atoms. The molecule has 0 spiro atoms. The van der Waals surface area contributed by atoms with E-state index in [-0.39, 0.29) is 10.7 Å². The Hall–Kier alpha value is -0.350. The number of carbonyl (C=O) groups is 1. The quantitative estimate of drug-likeness (QED) is 0.710. The van der Waals surface area contributed by atoms with Crippen molar-refractivity contribution in [3.05, 3.63) is 27.5 Å². The molecular weight excluding hydrogens is 255 g/mol. The maximum atomic E-state index is 13.1. The van der Waals surface area contributed by atoms with Crippen LogP contribution < -0.4 is 0 Å². The second kappa shape index (κ2) is 3.10. The molecule has 13 heavy (non-hydrogen) atoms. The highest BCUT2D eigenvalue weighted by Gasteiger charge is 2.24. The third-order valence-electron chi connectivity index (χ3n) is 2.20. The first-order valence-corrected chi connectivity index (χ1v) is 5.08. The summed E-state index contributed by atoms with van der Waals surface area (Å²) in [7, 11) is 0. The number of halogens is 2. The number of thiol groups is 1. The Morgan fingerprint density at radius 3 is 2.85 bits per heavy atom. The standard InChI is InChI=1S/C9H6BrFOS/c10-8-4-1-2-7(12)5(4)3-6(11)9(8)13/h3,13H,1-2H2. The van der Waals surface area contributed by atoms with Crippen LogP contribution in [0.15, 0.2) is 15.4 Å². The summed E-state index contributed by atoms with van der Waals surface area (Å²) in [5.74, 6) is -0.424. The fourth-order valence-corrected chi connectivity index (χ4v) is 2.32. The van der Waals surface area contributed by atoms with Crippen molar-refractivity contribution in [2.75, 3.05) is 0 Å². The van der Waals surface area contributed by atoms with Gasteiger partial charge in [0, 0.05) is 16.5 Å². The third kappa shape index (κ3) is 1.32. The van der Waals surface area contributed by atoms with E-state index in [0.29, 0.717) is 22.9 Å². The number of ketones is 1. The van der Waals surface area contributed by atoms with E-state index in [1.807, 2.05) is 0 Å². The van der Waals surface area contributed by atoms with Crippen molar-refractivity contribution in [2.24, 2.45) is 0 Å². The van der Waals surface area contributed by atoms with E-state index in [2.05, 4.69) is 28.6 Å². The summed E-state index contributed by atoms with van der Waals surface area (Å²) < 4.78 is 13.8. The number of rotatable bonds is 0. The molecule has 0 aromatic heterocycles. The Morgan fingerprint density at radius 2 is 2.15 bits per heavy atom. The van der Waals surface area contributed by atoms with E-state index < -0.39 is 5.82 Å². The lowest BCUT2D eigenvalue weighted by Gasteiger charge is -2.05. The Kier molecular flexibility index (Phi) is 2.20. The second-order valence-corrected chi connectivity index (χ2v) is 4.21. The average Bonchev–Trinajstić information content (AvgIpc) is 2.45. The molecule has 0 heterocycles. The molecule has 0 radical (unpaired) electrons. The molecule has 0 saturated carbocycles. The molecule has 0 N–H and O–H groups in total. The van der Waals surface area contributed by atoms with Gasteiger partial charge in [-0.25, -0.2) is 4.39 Å². The predicted octanol–water partition coefficient (Wildman–Crippen LogP) is 3.01. The van der Waals surface area contributed by atoms with Crippen LogP contribution in [0.3, 0.4) is 0 Å². The number of hydrogen-bond acceptors (Lipinski definition) is 2. The Bertz CT molecular complexity index is 403. The highest BCUT2D eigenvalue weighted by Crippen LogP contribution is 2.35. The Morgan fingerprint density at radius 1 is 1.46 bits per heavy atom. The second-order valence-electron chi connectivity index (χ2n) is 2.97. The van der Waals surface area contributed by atoms with Crippen molar-refractivity contribution in [3.63, 3.8) is 0 Å². The van der Waals surface area contributed by atoms with E-state index in [1.54, 1.807) is 0 Å². The number of fused-ring (bicyclic) bond motifs is 1. The maximum Gasteiger partial charge on any atom is 0.163 e. The Labute approximate surface area is 88.9 Å². The molecule has 0 saturated heterocycles. The fraction of sp³-hybridized carbons (Fsp3) is 0.222. The molecule has 0 amide bonds. The molecular formula is C9H6BrFOS. The topological polar surface area (TPSA) is 17.1 Å². The summed E-state index contributed by atoms with van der Waals surface area (Å²) in [5.41, 5.74) is 1.39. The zero-order chi connectivity index (χ0) is 9.59. The van der Waals surface area contributed by atoms with Crippen LogP contribution in [0.25, 0.3) is 0 Å². The Balaban J connectivity index is 2.74. The molecule has 68 valence electrons. The number of carbonyl (C=O) groups excluding carboxylic acids is 1. The summed E-state index contributed by atoms with van der Waals surface area (Å²) in [5, 5.41) is 0. The minimum Gasteiger partial charge on any atom is -0.294 e. The van der Waals surface area contributed by atoms with Gasteiger partial charge < -0.3 is 0 Å². The smallest absolute Gasteiger partial charge is 0.163 e. The molecule has 1 aliphatic rings. The normalized spacial score (nSPS) is 14.8. The molecule has 0 aliphatic heterocycles. The van der Waals surface area contributed by atoms with E-state index in [0.717, 1.165) is 5.56 Å². The van der Waals surface area contributed by atoms with Crippen LogP contribution in [-0.4, -0.2) is 5.78 Å². The van der Waals surface area contributed by atoms with Gasteiger partial charge in [0.05, 0.1) is 4.90 Å². The average molecular weight is 261 g/mol. The molecule has 1 aromatic rings. The van der Waals surface area contributed by atoms with E-state index in [1.165, 1.54) is 6.07 Å². The van der Waals surface area contributed by atoms with Crippen LogP contribution in [0.4, 0.5) is 4.39 Å². The van der Waals surface area contributed by atoms with Crippen molar-refractivity contribution < 1.29 is 9.18 Å². The zero-order valence-electron chi connectivity index (χ0n) is 6.60. The van der Waals surface area contributed by atoms with Crippen LogP contribution in [0.2, 0.25) is 0 Å².